The number of nitrogens with zero attached hydrogens (tertiary/aromatic N) is 1. The van der Waals surface area contributed by atoms with Gasteiger partial charge < -0.3 is 10.1 Å². The molecule has 0 radical (unpaired) electrons. The third kappa shape index (κ3) is 6.35. The van der Waals surface area contributed by atoms with E-state index in [2.05, 4.69) is 24.1 Å². The predicted molar refractivity (Wildman–Crippen MR) is 113 cm³/mol. The smallest absolute Gasteiger partial charge is 0.251 e. The summed E-state index contributed by atoms with van der Waals surface area (Å²) >= 11 is 1.13. The molecule has 1 fully saturated rings. The van der Waals surface area contributed by atoms with Crippen LogP contribution in [0.5, 0.6) is 0 Å². The van der Waals surface area contributed by atoms with E-state index in [0.717, 1.165) is 41.4 Å². The minimum atomic E-state index is -3.67. The SMILES string of the molecule is C[C@@H]1CN(Cc2ccc(C(=O)NCCc3ccc(S(N)(=O)=O)s3)cc2)C[C@H](C)O1. The van der Waals surface area contributed by atoms with Gasteiger partial charge in [-0.15, -0.1) is 11.3 Å². The number of nitrogens with two attached hydrogens (primary N) is 1. The number of ether oxygens (including phenoxy) is 1. The molecule has 0 unspecified atom stereocenters. The second-order valence-corrected chi connectivity index (χ2v) is 10.4. The Morgan fingerprint density at radius 2 is 1.83 bits per heavy atom. The lowest BCUT2D eigenvalue weighted by Crippen LogP contribution is -2.44. The Balaban J connectivity index is 1.48. The first-order valence-corrected chi connectivity index (χ1v) is 11.9. The van der Waals surface area contributed by atoms with Crippen molar-refractivity contribution in [3.05, 3.63) is 52.4 Å². The summed E-state index contributed by atoms with van der Waals surface area (Å²) in [7, 11) is -3.67. The number of nitrogens with one attached hydrogen (secondary N) is 1. The number of sulfonamides is 1. The zero-order valence-electron chi connectivity index (χ0n) is 16.6. The number of carbonyl (C=O) groups is 1. The van der Waals surface area contributed by atoms with Gasteiger partial charge in [0.25, 0.3) is 5.91 Å². The van der Waals surface area contributed by atoms with Crippen LogP contribution in [-0.2, 0) is 27.7 Å². The molecular formula is C20H27N3O4S2. The highest BCUT2D eigenvalue weighted by Gasteiger charge is 2.22. The third-order valence-corrected chi connectivity index (χ3v) is 7.28. The number of hydrogen-bond acceptors (Lipinski definition) is 6. The van der Waals surface area contributed by atoms with Gasteiger partial charge in [0.2, 0.25) is 10.0 Å². The number of hydrogen-bond donors (Lipinski definition) is 2. The maximum absolute atomic E-state index is 12.3. The molecule has 1 aliphatic rings. The number of amides is 1. The van der Waals surface area contributed by atoms with Gasteiger partial charge in [-0.25, -0.2) is 13.6 Å². The van der Waals surface area contributed by atoms with E-state index < -0.39 is 10.0 Å². The first kappa shape index (κ1) is 21.9. The Kier molecular flexibility index (Phi) is 7.07. The van der Waals surface area contributed by atoms with Gasteiger partial charge in [-0.05, 0) is 50.1 Å². The normalized spacial score (nSPS) is 20.5. The van der Waals surface area contributed by atoms with Gasteiger partial charge in [-0.3, -0.25) is 9.69 Å². The lowest BCUT2D eigenvalue weighted by Gasteiger charge is -2.35. The molecule has 1 amide bonds. The van der Waals surface area contributed by atoms with Crippen LogP contribution >= 0.6 is 11.3 Å². The monoisotopic (exact) mass is 437 g/mol. The fourth-order valence-corrected chi connectivity index (χ4v) is 5.26. The molecule has 29 heavy (non-hydrogen) atoms. The molecule has 7 nitrogen and oxygen atoms in total. The Morgan fingerprint density at radius 3 is 2.41 bits per heavy atom. The molecule has 1 aliphatic heterocycles. The first-order chi connectivity index (χ1) is 13.7. The van der Waals surface area contributed by atoms with E-state index in [1.807, 2.05) is 24.3 Å². The molecule has 1 aromatic heterocycles. The van der Waals surface area contributed by atoms with E-state index in [4.69, 9.17) is 9.88 Å². The molecule has 3 rings (SSSR count). The molecule has 0 aliphatic carbocycles. The Bertz CT molecular complexity index is 931. The second kappa shape index (κ2) is 9.36. The Hall–Kier alpha value is -1.78. The summed E-state index contributed by atoms with van der Waals surface area (Å²) in [5, 5.41) is 7.98. The maximum Gasteiger partial charge on any atom is 0.251 e. The highest BCUT2D eigenvalue weighted by atomic mass is 32.2. The number of morpholine rings is 1. The van der Waals surface area contributed by atoms with Gasteiger partial charge in [0.05, 0.1) is 12.2 Å². The zero-order chi connectivity index (χ0) is 21.0. The zero-order valence-corrected chi connectivity index (χ0v) is 18.3. The largest absolute Gasteiger partial charge is 0.373 e. The summed E-state index contributed by atoms with van der Waals surface area (Å²) < 4.78 is 28.5. The van der Waals surface area contributed by atoms with Crippen molar-refractivity contribution in [3.8, 4) is 0 Å². The van der Waals surface area contributed by atoms with Crippen LogP contribution in [0.15, 0.2) is 40.6 Å². The fraction of sp³-hybridized carbons (Fsp3) is 0.450. The molecule has 3 N–H and O–H groups in total. The van der Waals surface area contributed by atoms with Crippen LogP contribution in [0.4, 0.5) is 0 Å². The van der Waals surface area contributed by atoms with Crippen LogP contribution in [0, 0.1) is 0 Å². The number of thiophene rings is 1. The molecule has 9 heteroatoms. The van der Waals surface area contributed by atoms with Gasteiger partial charge in [-0.2, -0.15) is 0 Å². The Labute approximate surface area is 175 Å². The van der Waals surface area contributed by atoms with Crippen molar-refractivity contribution in [2.45, 2.75) is 43.2 Å². The predicted octanol–water partition coefficient (Wildman–Crippen LogP) is 1.98. The summed E-state index contributed by atoms with van der Waals surface area (Å²) in [6, 6.07) is 10.9. The van der Waals surface area contributed by atoms with Crippen molar-refractivity contribution in [2.75, 3.05) is 19.6 Å². The van der Waals surface area contributed by atoms with Crippen molar-refractivity contribution in [2.24, 2.45) is 5.14 Å². The molecule has 0 saturated carbocycles. The molecule has 1 saturated heterocycles. The van der Waals surface area contributed by atoms with Crippen molar-refractivity contribution in [1.82, 2.24) is 10.2 Å². The first-order valence-electron chi connectivity index (χ1n) is 9.57. The average Bonchev–Trinajstić information content (AvgIpc) is 3.11. The van der Waals surface area contributed by atoms with E-state index in [0.29, 0.717) is 18.5 Å². The summed E-state index contributed by atoms with van der Waals surface area (Å²) in [5.41, 5.74) is 1.77. The van der Waals surface area contributed by atoms with E-state index in [1.165, 1.54) is 6.07 Å². The number of carbonyl (C=O) groups excluding carboxylic acids is 1. The summed E-state index contributed by atoms with van der Waals surface area (Å²) in [4.78, 5) is 15.6. The summed E-state index contributed by atoms with van der Waals surface area (Å²) in [6.07, 6.45) is 1.01. The topological polar surface area (TPSA) is 102 Å². The van der Waals surface area contributed by atoms with Gasteiger partial charge >= 0.3 is 0 Å². The molecule has 2 aromatic rings. The molecule has 0 bridgehead atoms. The quantitative estimate of drug-likeness (QED) is 0.690. The lowest BCUT2D eigenvalue weighted by molar-refractivity contribution is -0.0704. The van der Waals surface area contributed by atoms with Crippen LogP contribution in [0.3, 0.4) is 0 Å². The molecule has 1 aromatic carbocycles. The van der Waals surface area contributed by atoms with Gasteiger partial charge in [0, 0.05) is 36.6 Å². The molecular weight excluding hydrogens is 410 g/mol. The van der Waals surface area contributed by atoms with Crippen molar-refractivity contribution in [1.29, 1.82) is 0 Å². The highest BCUT2D eigenvalue weighted by Crippen LogP contribution is 2.20. The fourth-order valence-electron chi connectivity index (χ4n) is 3.48. The van der Waals surface area contributed by atoms with Crippen LogP contribution in [0.1, 0.15) is 34.6 Å². The van der Waals surface area contributed by atoms with Crippen molar-refractivity contribution in [3.63, 3.8) is 0 Å². The van der Waals surface area contributed by atoms with Crippen LogP contribution in [-0.4, -0.2) is 51.1 Å². The summed E-state index contributed by atoms with van der Waals surface area (Å²) in [5.74, 6) is -0.145. The molecule has 2 heterocycles. The third-order valence-electron chi connectivity index (χ3n) is 4.69. The minimum Gasteiger partial charge on any atom is -0.373 e. The van der Waals surface area contributed by atoms with Gasteiger partial charge in [0.15, 0.2) is 0 Å². The number of benzene rings is 1. The van der Waals surface area contributed by atoms with E-state index in [1.54, 1.807) is 6.07 Å². The summed E-state index contributed by atoms with van der Waals surface area (Å²) in [6.45, 7) is 7.24. The number of primary sulfonamides is 1. The Morgan fingerprint density at radius 1 is 1.17 bits per heavy atom. The van der Waals surface area contributed by atoms with Crippen molar-refractivity contribution >= 4 is 27.3 Å². The molecule has 158 valence electrons. The van der Waals surface area contributed by atoms with Crippen molar-refractivity contribution < 1.29 is 17.9 Å². The van der Waals surface area contributed by atoms with E-state index in [-0.39, 0.29) is 22.3 Å². The lowest BCUT2D eigenvalue weighted by atomic mass is 10.1. The second-order valence-electron chi connectivity index (χ2n) is 7.42. The van der Waals surface area contributed by atoms with Crippen LogP contribution in [0.25, 0.3) is 0 Å². The standard InChI is InChI=1S/C20H27N3O4S2/c1-14-11-23(12-15(2)27-14)13-16-3-5-17(6-4-16)20(24)22-10-9-18-7-8-19(28-18)29(21,25)26/h3-8,14-15H,9-13H2,1-2H3,(H,22,24)(H2,21,25,26)/t14-,15+. The maximum atomic E-state index is 12.3. The highest BCUT2D eigenvalue weighted by molar-refractivity contribution is 7.91. The van der Waals surface area contributed by atoms with Crippen LogP contribution in [0.2, 0.25) is 0 Å². The van der Waals surface area contributed by atoms with Gasteiger partial charge in [-0.1, -0.05) is 12.1 Å². The van der Waals surface area contributed by atoms with Crippen LogP contribution < -0.4 is 10.5 Å². The van der Waals surface area contributed by atoms with E-state index in [9.17, 15) is 13.2 Å². The average molecular weight is 438 g/mol. The van der Waals surface area contributed by atoms with E-state index >= 15 is 0 Å². The number of rotatable bonds is 7. The minimum absolute atomic E-state index is 0.137. The van der Waals surface area contributed by atoms with Gasteiger partial charge in [0.1, 0.15) is 4.21 Å². The molecule has 0 spiro atoms. The molecule has 2 atom stereocenters.